The van der Waals surface area contributed by atoms with E-state index in [4.69, 9.17) is 10.5 Å². The summed E-state index contributed by atoms with van der Waals surface area (Å²) in [5.74, 6) is -1.19. The fourth-order valence-electron chi connectivity index (χ4n) is 2.12. The van der Waals surface area contributed by atoms with Gasteiger partial charge in [0, 0.05) is 17.8 Å². The molecule has 1 aliphatic carbocycles. The van der Waals surface area contributed by atoms with Crippen molar-refractivity contribution in [1.29, 1.82) is 0 Å². The lowest BCUT2D eigenvalue weighted by molar-refractivity contribution is 0.187. The molecule has 2 atom stereocenters. The molecule has 0 aromatic heterocycles. The molecule has 0 spiro atoms. The number of benzene rings is 1. The van der Waals surface area contributed by atoms with E-state index in [-0.39, 0.29) is 17.5 Å². The van der Waals surface area contributed by atoms with Crippen molar-refractivity contribution in [2.24, 2.45) is 5.92 Å². The predicted octanol–water partition coefficient (Wildman–Crippen LogP) is 4.14. The van der Waals surface area contributed by atoms with Gasteiger partial charge in [0.15, 0.2) is 17.4 Å². The molecule has 0 saturated heterocycles. The van der Waals surface area contributed by atoms with Crippen LogP contribution in [0.15, 0.2) is 12.1 Å². The topological polar surface area (TPSA) is 35.2 Å². The zero-order chi connectivity index (χ0) is 13.7. The number of ether oxygens (including phenoxy) is 1. The highest BCUT2D eigenvalue weighted by Gasteiger charge is 2.25. The van der Waals surface area contributed by atoms with Gasteiger partial charge in [-0.1, -0.05) is 20.8 Å². The van der Waals surface area contributed by atoms with Gasteiger partial charge >= 0.3 is 0 Å². The summed E-state index contributed by atoms with van der Waals surface area (Å²) in [6, 6.07) is 2.16. The standard InChI is InChI=1S/C12H15F2NO.C2H6/c1-7-2-3-9(4-7)16-12-10(13)5-8(15)6-11(12)14;1-2/h5-7,9H,2-4,15H2,1H3;1-2H3. The first-order valence-corrected chi connectivity index (χ1v) is 6.47. The van der Waals surface area contributed by atoms with E-state index in [0.29, 0.717) is 5.92 Å². The number of rotatable bonds is 2. The normalized spacial score (nSPS) is 22.3. The second kappa shape index (κ2) is 6.57. The molecule has 0 aliphatic heterocycles. The van der Waals surface area contributed by atoms with E-state index >= 15 is 0 Å². The molecule has 2 unspecified atom stereocenters. The maximum atomic E-state index is 13.4. The zero-order valence-corrected chi connectivity index (χ0v) is 11.2. The van der Waals surface area contributed by atoms with Gasteiger partial charge in [-0.2, -0.15) is 0 Å². The van der Waals surface area contributed by atoms with Crippen LogP contribution in [0.4, 0.5) is 14.5 Å². The number of hydrogen-bond acceptors (Lipinski definition) is 2. The monoisotopic (exact) mass is 257 g/mol. The summed E-state index contributed by atoms with van der Waals surface area (Å²) in [6.45, 7) is 6.11. The highest BCUT2D eigenvalue weighted by molar-refractivity contribution is 5.44. The number of nitrogen functional groups attached to an aromatic ring is 1. The van der Waals surface area contributed by atoms with Gasteiger partial charge in [0.1, 0.15) is 0 Å². The third-order valence-corrected chi connectivity index (χ3v) is 2.95. The molecule has 1 fully saturated rings. The van der Waals surface area contributed by atoms with Crippen LogP contribution in [0, 0.1) is 17.6 Å². The fourth-order valence-corrected chi connectivity index (χ4v) is 2.12. The summed E-state index contributed by atoms with van der Waals surface area (Å²) in [5, 5.41) is 0. The van der Waals surface area contributed by atoms with Crippen molar-refractivity contribution in [1.82, 2.24) is 0 Å². The summed E-state index contributed by atoms with van der Waals surface area (Å²) in [5.41, 5.74) is 5.39. The average molecular weight is 257 g/mol. The highest BCUT2D eigenvalue weighted by atomic mass is 19.1. The van der Waals surface area contributed by atoms with Gasteiger partial charge in [-0.15, -0.1) is 0 Å². The Kier molecular flexibility index (Phi) is 5.38. The fraction of sp³-hybridized carbons (Fsp3) is 0.571. The molecule has 0 radical (unpaired) electrons. The van der Waals surface area contributed by atoms with Gasteiger partial charge in [-0.3, -0.25) is 0 Å². The van der Waals surface area contributed by atoms with E-state index < -0.39 is 11.6 Å². The number of hydrogen-bond donors (Lipinski definition) is 1. The van der Waals surface area contributed by atoms with Crippen LogP contribution in [-0.2, 0) is 0 Å². The van der Waals surface area contributed by atoms with Crippen LogP contribution >= 0.6 is 0 Å². The first kappa shape index (κ1) is 14.7. The number of anilines is 1. The second-order valence-electron chi connectivity index (χ2n) is 4.47. The minimum atomic E-state index is -0.725. The van der Waals surface area contributed by atoms with Gasteiger partial charge < -0.3 is 10.5 Å². The van der Waals surface area contributed by atoms with Gasteiger partial charge in [0.25, 0.3) is 0 Å². The van der Waals surface area contributed by atoms with Gasteiger partial charge in [0.05, 0.1) is 6.10 Å². The number of nitrogens with two attached hydrogens (primary N) is 1. The van der Waals surface area contributed by atoms with E-state index in [1.54, 1.807) is 0 Å². The Morgan fingerprint density at radius 3 is 2.17 bits per heavy atom. The minimum absolute atomic E-state index is 0.0714. The summed E-state index contributed by atoms with van der Waals surface area (Å²) in [4.78, 5) is 0. The summed E-state index contributed by atoms with van der Waals surface area (Å²) in [7, 11) is 0. The van der Waals surface area contributed by atoms with Crippen molar-refractivity contribution in [3.8, 4) is 5.75 Å². The molecule has 2 N–H and O–H groups in total. The van der Waals surface area contributed by atoms with Gasteiger partial charge in [0.2, 0.25) is 0 Å². The molecule has 102 valence electrons. The minimum Gasteiger partial charge on any atom is -0.484 e. The van der Waals surface area contributed by atoms with Crippen molar-refractivity contribution in [2.45, 2.75) is 46.1 Å². The zero-order valence-electron chi connectivity index (χ0n) is 11.2. The number of halogens is 2. The van der Waals surface area contributed by atoms with Gasteiger partial charge in [-0.25, -0.2) is 8.78 Å². The van der Waals surface area contributed by atoms with Gasteiger partial charge in [-0.05, 0) is 25.2 Å². The first-order chi connectivity index (χ1) is 8.56. The molecule has 1 aliphatic rings. The van der Waals surface area contributed by atoms with Crippen molar-refractivity contribution in [2.75, 3.05) is 5.73 Å². The smallest absolute Gasteiger partial charge is 0.191 e. The summed E-state index contributed by atoms with van der Waals surface area (Å²) >= 11 is 0. The molecule has 18 heavy (non-hydrogen) atoms. The third-order valence-electron chi connectivity index (χ3n) is 2.95. The van der Waals surface area contributed by atoms with Crippen LogP contribution in [0.25, 0.3) is 0 Å². The SMILES string of the molecule is CC.CC1CCC(Oc2c(F)cc(N)cc2F)C1. The molecule has 4 heteroatoms. The highest BCUT2D eigenvalue weighted by Crippen LogP contribution is 2.32. The summed E-state index contributed by atoms with van der Waals surface area (Å²) < 4.78 is 32.2. The lowest BCUT2D eigenvalue weighted by Gasteiger charge is -2.15. The largest absolute Gasteiger partial charge is 0.484 e. The molecule has 0 amide bonds. The van der Waals surface area contributed by atoms with E-state index in [1.165, 1.54) is 0 Å². The third kappa shape index (κ3) is 3.59. The van der Waals surface area contributed by atoms with Crippen molar-refractivity contribution < 1.29 is 13.5 Å². The molecular weight excluding hydrogens is 236 g/mol. The lowest BCUT2D eigenvalue weighted by atomic mass is 10.1. The second-order valence-corrected chi connectivity index (χ2v) is 4.47. The molecule has 1 aromatic carbocycles. The van der Waals surface area contributed by atoms with Crippen LogP contribution in [0.3, 0.4) is 0 Å². The van der Waals surface area contributed by atoms with Crippen molar-refractivity contribution >= 4 is 5.69 Å². The Hall–Kier alpha value is -1.32. The van der Waals surface area contributed by atoms with Crippen molar-refractivity contribution in [3.63, 3.8) is 0 Å². The quantitative estimate of drug-likeness (QED) is 0.808. The Morgan fingerprint density at radius 2 is 1.72 bits per heavy atom. The van der Waals surface area contributed by atoms with Crippen molar-refractivity contribution in [3.05, 3.63) is 23.8 Å². The Bertz CT molecular complexity index is 372. The Labute approximate surface area is 107 Å². The Balaban J connectivity index is 0.000000771. The van der Waals surface area contributed by atoms with Crippen LogP contribution < -0.4 is 10.5 Å². The molecular formula is C14H21F2NO. The van der Waals surface area contributed by atoms with Crippen LogP contribution in [0.5, 0.6) is 5.75 Å². The maximum absolute atomic E-state index is 13.4. The van der Waals surface area contributed by atoms with Crippen LogP contribution in [0.1, 0.15) is 40.0 Å². The molecule has 2 nitrogen and oxygen atoms in total. The lowest BCUT2D eigenvalue weighted by Crippen LogP contribution is -2.14. The van der Waals surface area contributed by atoms with E-state index in [1.807, 2.05) is 13.8 Å². The molecule has 0 heterocycles. The molecule has 2 rings (SSSR count). The van der Waals surface area contributed by atoms with E-state index in [9.17, 15) is 8.78 Å². The first-order valence-electron chi connectivity index (χ1n) is 6.47. The molecule has 1 aromatic rings. The van der Waals surface area contributed by atoms with E-state index in [0.717, 1.165) is 31.4 Å². The maximum Gasteiger partial charge on any atom is 0.191 e. The molecule has 1 saturated carbocycles. The Morgan fingerprint density at radius 1 is 1.17 bits per heavy atom. The van der Waals surface area contributed by atoms with Crippen LogP contribution in [0.2, 0.25) is 0 Å². The van der Waals surface area contributed by atoms with E-state index in [2.05, 4.69) is 6.92 Å². The molecule has 0 bridgehead atoms. The predicted molar refractivity (Wildman–Crippen MR) is 69.5 cm³/mol. The summed E-state index contributed by atoms with van der Waals surface area (Å²) in [6.07, 6.45) is 2.67. The van der Waals surface area contributed by atoms with Crippen LogP contribution in [-0.4, -0.2) is 6.10 Å². The average Bonchev–Trinajstić information content (AvgIpc) is 2.72.